The van der Waals surface area contributed by atoms with E-state index >= 15 is 0 Å². The molecule has 0 fully saturated rings. The molecule has 0 aliphatic heterocycles. The smallest absolute Gasteiger partial charge is 0.358 e. The SMILES string of the molecule is COC(=O)c1cc(C(CN)C(=O)O)n(C)n1. The van der Waals surface area contributed by atoms with Crippen molar-refractivity contribution in [3.8, 4) is 0 Å². The zero-order chi connectivity index (χ0) is 12.3. The molecule has 1 unspecified atom stereocenters. The predicted octanol–water partition coefficient (Wildman–Crippen LogP) is -0.666. The first kappa shape index (κ1) is 12.2. The number of methoxy groups -OCH3 is 1. The van der Waals surface area contributed by atoms with Crippen LogP contribution < -0.4 is 5.73 Å². The van der Waals surface area contributed by atoms with Gasteiger partial charge in [-0.05, 0) is 6.07 Å². The Morgan fingerprint density at radius 3 is 2.75 bits per heavy atom. The number of aromatic nitrogens is 2. The lowest BCUT2D eigenvalue weighted by molar-refractivity contribution is -0.138. The quantitative estimate of drug-likeness (QED) is 0.661. The molecule has 0 amide bonds. The highest BCUT2D eigenvalue weighted by atomic mass is 16.5. The van der Waals surface area contributed by atoms with Gasteiger partial charge in [-0.15, -0.1) is 0 Å². The molecule has 1 atom stereocenters. The van der Waals surface area contributed by atoms with Crippen molar-refractivity contribution in [3.63, 3.8) is 0 Å². The Bertz CT molecular complexity index is 413. The fourth-order valence-corrected chi connectivity index (χ4v) is 1.36. The highest BCUT2D eigenvalue weighted by Crippen LogP contribution is 2.16. The first-order valence-corrected chi connectivity index (χ1v) is 4.56. The maximum Gasteiger partial charge on any atom is 0.358 e. The van der Waals surface area contributed by atoms with E-state index in [0.29, 0.717) is 5.69 Å². The number of hydrogen-bond donors (Lipinski definition) is 2. The van der Waals surface area contributed by atoms with E-state index in [4.69, 9.17) is 10.8 Å². The number of carbonyl (C=O) groups excluding carboxylic acids is 1. The van der Waals surface area contributed by atoms with E-state index in [9.17, 15) is 9.59 Å². The van der Waals surface area contributed by atoms with Crippen molar-refractivity contribution in [2.24, 2.45) is 12.8 Å². The first-order valence-electron chi connectivity index (χ1n) is 4.56. The number of carboxylic acids is 1. The lowest BCUT2D eigenvalue weighted by Crippen LogP contribution is -2.23. The number of hydrogen-bond acceptors (Lipinski definition) is 5. The zero-order valence-corrected chi connectivity index (χ0v) is 9.01. The first-order chi connectivity index (χ1) is 7.51. The summed E-state index contributed by atoms with van der Waals surface area (Å²) >= 11 is 0. The van der Waals surface area contributed by atoms with E-state index in [-0.39, 0.29) is 12.2 Å². The number of aryl methyl sites for hydroxylation is 1. The number of ether oxygens (including phenoxy) is 1. The monoisotopic (exact) mass is 227 g/mol. The van der Waals surface area contributed by atoms with Crippen molar-refractivity contribution >= 4 is 11.9 Å². The van der Waals surface area contributed by atoms with Crippen LogP contribution in [0.25, 0.3) is 0 Å². The van der Waals surface area contributed by atoms with Gasteiger partial charge in [-0.25, -0.2) is 4.79 Å². The molecule has 1 heterocycles. The van der Waals surface area contributed by atoms with Crippen molar-refractivity contribution < 1.29 is 19.4 Å². The molecule has 0 bridgehead atoms. The molecule has 1 rings (SSSR count). The minimum atomic E-state index is -1.05. The number of carboxylic acid groups (broad SMARTS) is 1. The van der Waals surface area contributed by atoms with E-state index < -0.39 is 17.9 Å². The predicted molar refractivity (Wildman–Crippen MR) is 54.0 cm³/mol. The second-order valence-corrected chi connectivity index (χ2v) is 3.20. The number of aliphatic carboxylic acids is 1. The van der Waals surface area contributed by atoms with Gasteiger partial charge in [0.15, 0.2) is 5.69 Å². The third-order valence-corrected chi connectivity index (χ3v) is 2.20. The van der Waals surface area contributed by atoms with Gasteiger partial charge in [0.2, 0.25) is 0 Å². The molecule has 0 saturated carbocycles. The Morgan fingerprint density at radius 2 is 2.31 bits per heavy atom. The van der Waals surface area contributed by atoms with Crippen LogP contribution in [-0.2, 0) is 16.6 Å². The summed E-state index contributed by atoms with van der Waals surface area (Å²) in [5.41, 5.74) is 5.79. The molecule has 0 aromatic carbocycles. The summed E-state index contributed by atoms with van der Waals surface area (Å²) in [6.07, 6.45) is 0. The average molecular weight is 227 g/mol. The molecular formula is C9H13N3O4. The largest absolute Gasteiger partial charge is 0.481 e. The second-order valence-electron chi connectivity index (χ2n) is 3.20. The van der Waals surface area contributed by atoms with Gasteiger partial charge >= 0.3 is 11.9 Å². The molecule has 0 aliphatic rings. The molecule has 0 aliphatic carbocycles. The van der Waals surface area contributed by atoms with E-state index in [1.807, 2.05) is 0 Å². The van der Waals surface area contributed by atoms with Gasteiger partial charge in [-0.1, -0.05) is 0 Å². The molecule has 16 heavy (non-hydrogen) atoms. The molecule has 0 saturated heterocycles. The van der Waals surface area contributed by atoms with E-state index in [2.05, 4.69) is 9.84 Å². The third-order valence-electron chi connectivity index (χ3n) is 2.20. The number of nitrogens with two attached hydrogens (primary N) is 1. The van der Waals surface area contributed by atoms with Crippen LogP contribution in [0.1, 0.15) is 22.1 Å². The minimum absolute atomic E-state index is 0.0600. The number of esters is 1. The topological polar surface area (TPSA) is 107 Å². The normalized spacial score (nSPS) is 12.2. The summed E-state index contributed by atoms with van der Waals surface area (Å²) in [7, 11) is 2.78. The van der Waals surface area contributed by atoms with Crippen LogP contribution in [0.3, 0.4) is 0 Å². The fourth-order valence-electron chi connectivity index (χ4n) is 1.36. The highest BCUT2D eigenvalue weighted by molar-refractivity contribution is 5.87. The summed E-state index contributed by atoms with van der Waals surface area (Å²) in [4.78, 5) is 22.1. The van der Waals surface area contributed by atoms with E-state index in [1.165, 1.54) is 17.9 Å². The second kappa shape index (κ2) is 4.75. The van der Waals surface area contributed by atoms with Crippen LogP contribution in [-0.4, -0.2) is 40.5 Å². The van der Waals surface area contributed by atoms with Crippen molar-refractivity contribution in [2.75, 3.05) is 13.7 Å². The van der Waals surface area contributed by atoms with Gasteiger partial charge in [0.05, 0.1) is 12.8 Å². The van der Waals surface area contributed by atoms with Crippen molar-refractivity contribution in [1.82, 2.24) is 9.78 Å². The number of rotatable bonds is 4. The van der Waals surface area contributed by atoms with Crippen LogP contribution in [0, 0.1) is 0 Å². The standard InChI is InChI=1S/C9H13N3O4/c1-12-7(5(4-10)8(13)14)3-6(11-12)9(15)16-2/h3,5H,4,10H2,1-2H3,(H,13,14). The molecular weight excluding hydrogens is 214 g/mol. The third kappa shape index (κ3) is 2.19. The summed E-state index contributed by atoms with van der Waals surface area (Å²) < 4.78 is 5.80. The summed E-state index contributed by atoms with van der Waals surface area (Å²) in [6.45, 7) is -0.0600. The molecule has 0 spiro atoms. The van der Waals surface area contributed by atoms with Gasteiger partial charge in [-0.2, -0.15) is 5.10 Å². The molecule has 1 aromatic rings. The Morgan fingerprint density at radius 1 is 1.69 bits per heavy atom. The van der Waals surface area contributed by atoms with Crippen LogP contribution in [0.4, 0.5) is 0 Å². The number of nitrogens with zero attached hydrogens (tertiary/aromatic N) is 2. The fraction of sp³-hybridized carbons (Fsp3) is 0.444. The lowest BCUT2D eigenvalue weighted by atomic mass is 10.1. The lowest BCUT2D eigenvalue weighted by Gasteiger charge is -2.08. The van der Waals surface area contributed by atoms with Gasteiger partial charge < -0.3 is 15.6 Å². The van der Waals surface area contributed by atoms with Crippen LogP contribution in [0.2, 0.25) is 0 Å². The van der Waals surface area contributed by atoms with Crippen LogP contribution >= 0.6 is 0 Å². The van der Waals surface area contributed by atoms with Gasteiger partial charge in [0.25, 0.3) is 0 Å². The van der Waals surface area contributed by atoms with Crippen molar-refractivity contribution in [3.05, 3.63) is 17.5 Å². The molecule has 7 heteroatoms. The minimum Gasteiger partial charge on any atom is -0.481 e. The van der Waals surface area contributed by atoms with Crippen LogP contribution in [0.15, 0.2) is 6.07 Å². The molecule has 1 aromatic heterocycles. The van der Waals surface area contributed by atoms with Gasteiger partial charge in [-0.3, -0.25) is 9.48 Å². The molecule has 7 nitrogen and oxygen atoms in total. The van der Waals surface area contributed by atoms with Crippen LogP contribution in [0.5, 0.6) is 0 Å². The van der Waals surface area contributed by atoms with E-state index in [0.717, 1.165) is 0 Å². The van der Waals surface area contributed by atoms with Crippen molar-refractivity contribution in [2.45, 2.75) is 5.92 Å². The average Bonchev–Trinajstić information content (AvgIpc) is 2.60. The maximum absolute atomic E-state index is 11.2. The van der Waals surface area contributed by atoms with E-state index in [1.54, 1.807) is 7.05 Å². The van der Waals surface area contributed by atoms with Gasteiger partial charge in [0.1, 0.15) is 5.92 Å². The molecule has 3 N–H and O–H groups in total. The van der Waals surface area contributed by atoms with Crippen molar-refractivity contribution in [1.29, 1.82) is 0 Å². The Kier molecular flexibility index (Phi) is 3.62. The van der Waals surface area contributed by atoms with Gasteiger partial charge in [0, 0.05) is 13.6 Å². The Labute approximate surface area is 91.8 Å². The summed E-state index contributed by atoms with van der Waals surface area (Å²) in [5, 5.41) is 12.8. The maximum atomic E-state index is 11.2. The molecule has 88 valence electrons. The number of carbonyl (C=O) groups is 2. The molecule has 0 radical (unpaired) electrons. The summed E-state index contributed by atoms with van der Waals surface area (Å²) in [5.74, 6) is -2.54. The zero-order valence-electron chi connectivity index (χ0n) is 9.01. The Balaban J connectivity index is 3.10. The highest BCUT2D eigenvalue weighted by Gasteiger charge is 2.24. The Hall–Kier alpha value is -1.89. The summed E-state index contributed by atoms with van der Waals surface area (Å²) in [6, 6.07) is 1.37.